The highest BCUT2D eigenvalue weighted by Gasteiger charge is 2.19. The van der Waals surface area contributed by atoms with Crippen LogP contribution in [0.25, 0.3) is 0 Å². The van der Waals surface area contributed by atoms with Crippen LogP contribution in [0.1, 0.15) is 12.8 Å². The van der Waals surface area contributed by atoms with Crippen molar-refractivity contribution in [3.63, 3.8) is 0 Å². The van der Waals surface area contributed by atoms with E-state index in [1.807, 2.05) is 0 Å². The summed E-state index contributed by atoms with van der Waals surface area (Å²) in [5.74, 6) is 0.141. The van der Waals surface area contributed by atoms with Gasteiger partial charge >= 0.3 is 0 Å². The third-order valence-electron chi connectivity index (χ3n) is 3.05. The van der Waals surface area contributed by atoms with E-state index in [1.54, 1.807) is 12.1 Å². The summed E-state index contributed by atoms with van der Waals surface area (Å²) in [6.45, 7) is 0.465. The molecule has 0 saturated carbocycles. The zero-order chi connectivity index (χ0) is 15.2. The van der Waals surface area contributed by atoms with Crippen molar-refractivity contribution in [3.8, 4) is 0 Å². The van der Waals surface area contributed by atoms with Crippen molar-refractivity contribution in [2.75, 3.05) is 12.3 Å². The summed E-state index contributed by atoms with van der Waals surface area (Å²) in [5.41, 5.74) is 0.0294. The number of nitrogens with one attached hydrogen (secondary N) is 2. The van der Waals surface area contributed by atoms with Gasteiger partial charge in [-0.1, -0.05) is 0 Å². The maximum atomic E-state index is 11.8. The average Bonchev–Trinajstić information content (AvgIpc) is 2.48. The van der Waals surface area contributed by atoms with Gasteiger partial charge in [0, 0.05) is 36.0 Å². The Labute approximate surface area is 125 Å². The Bertz CT molecular complexity index is 537. The molecule has 21 heavy (non-hydrogen) atoms. The molecule has 0 spiro atoms. The number of nitrogens with zero attached hydrogens (tertiary/aromatic N) is 1. The highest BCUT2D eigenvalue weighted by molar-refractivity contribution is 8.00. The van der Waals surface area contributed by atoms with E-state index in [0.717, 1.165) is 4.90 Å². The van der Waals surface area contributed by atoms with E-state index in [-0.39, 0.29) is 29.3 Å². The topological polar surface area (TPSA) is 101 Å². The summed E-state index contributed by atoms with van der Waals surface area (Å²) in [5, 5.41) is 16.1. The van der Waals surface area contributed by atoms with Crippen molar-refractivity contribution < 1.29 is 14.5 Å². The number of rotatable bonds is 5. The van der Waals surface area contributed by atoms with E-state index >= 15 is 0 Å². The van der Waals surface area contributed by atoms with Crippen LogP contribution in [-0.2, 0) is 9.59 Å². The van der Waals surface area contributed by atoms with Crippen LogP contribution in [0.15, 0.2) is 29.2 Å². The fourth-order valence-corrected chi connectivity index (χ4v) is 2.65. The normalized spacial score (nSPS) is 17.9. The van der Waals surface area contributed by atoms with E-state index in [1.165, 1.54) is 23.9 Å². The first-order valence-electron chi connectivity index (χ1n) is 6.48. The van der Waals surface area contributed by atoms with Crippen LogP contribution in [0.4, 0.5) is 5.69 Å². The summed E-state index contributed by atoms with van der Waals surface area (Å²) in [7, 11) is 0. The third-order valence-corrected chi connectivity index (χ3v) is 4.06. The average molecular weight is 309 g/mol. The lowest BCUT2D eigenvalue weighted by atomic mass is 10.1. The lowest BCUT2D eigenvalue weighted by Gasteiger charge is -2.23. The van der Waals surface area contributed by atoms with E-state index in [0.29, 0.717) is 19.4 Å². The molecular weight excluding hydrogens is 294 g/mol. The Morgan fingerprint density at radius 3 is 2.71 bits per heavy atom. The molecule has 1 aliphatic heterocycles. The summed E-state index contributed by atoms with van der Waals surface area (Å²) in [6.07, 6.45) is 1.08. The van der Waals surface area contributed by atoms with Gasteiger partial charge in [0.25, 0.3) is 5.69 Å². The number of hydrogen-bond acceptors (Lipinski definition) is 5. The number of benzene rings is 1. The van der Waals surface area contributed by atoms with Gasteiger partial charge in [-0.3, -0.25) is 19.7 Å². The lowest BCUT2D eigenvalue weighted by Crippen LogP contribution is -2.48. The molecule has 112 valence electrons. The second kappa shape index (κ2) is 7.07. The Morgan fingerprint density at radius 2 is 2.14 bits per heavy atom. The fourth-order valence-electron chi connectivity index (χ4n) is 1.94. The van der Waals surface area contributed by atoms with Crippen molar-refractivity contribution in [3.05, 3.63) is 34.4 Å². The Morgan fingerprint density at radius 1 is 1.43 bits per heavy atom. The van der Waals surface area contributed by atoms with E-state index in [4.69, 9.17) is 0 Å². The Kier molecular flexibility index (Phi) is 5.15. The SMILES string of the molecule is O=C1CCC(NC(=O)CSc2ccc([N+](=O)[O-])cc2)CN1. The molecule has 2 N–H and O–H groups in total. The van der Waals surface area contributed by atoms with Crippen LogP contribution in [0.5, 0.6) is 0 Å². The van der Waals surface area contributed by atoms with Gasteiger partial charge in [-0.2, -0.15) is 0 Å². The highest BCUT2D eigenvalue weighted by Crippen LogP contribution is 2.21. The Balaban J connectivity index is 1.75. The van der Waals surface area contributed by atoms with Crippen molar-refractivity contribution in [1.29, 1.82) is 0 Å². The molecule has 1 aromatic carbocycles. The maximum absolute atomic E-state index is 11.8. The van der Waals surface area contributed by atoms with Gasteiger partial charge in [-0.05, 0) is 18.6 Å². The molecule has 2 rings (SSSR count). The number of non-ortho nitro benzene ring substituents is 1. The van der Waals surface area contributed by atoms with Gasteiger partial charge in [0.1, 0.15) is 0 Å². The quantitative estimate of drug-likeness (QED) is 0.481. The summed E-state index contributed by atoms with van der Waals surface area (Å²) in [4.78, 5) is 33.7. The number of nitro groups is 1. The van der Waals surface area contributed by atoms with Crippen LogP contribution in [0.2, 0.25) is 0 Å². The number of carbonyl (C=O) groups is 2. The van der Waals surface area contributed by atoms with Crippen LogP contribution < -0.4 is 10.6 Å². The minimum absolute atomic E-state index is 0.0146. The van der Waals surface area contributed by atoms with Crippen LogP contribution in [-0.4, -0.2) is 35.1 Å². The van der Waals surface area contributed by atoms with Gasteiger partial charge in [-0.15, -0.1) is 11.8 Å². The number of piperidine rings is 1. The van der Waals surface area contributed by atoms with E-state index in [9.17, 15) is 19.7 Å². The number of hydrogen-bond donors (Lipinski definition) is 2. The fraction of sp³-hybridized carbons (Fsp3) is 0.385. The van der Waals surface area contributed by atoms with Crippen molar-refractivity contribution in [2.24, 2.45) is 0 Å². The van der Waals surface area contributed by atoms with Crippen LogP contribution in [0.3, 0.4) is 0 Å². The number of nitro benzene ring substituents is 1. The van der Waals surface area contributed by atoms with Gasteiger partial charge < -0.3 is 10.6 Å². The van der Waals surface area contributed by atoms with Crippen molar-refractivity contribution >= 4 is 29.3 Å². The van der Waals surface area contributed by atoms with Gasteiger partial charge in [0.15, 0.2) is 0 Å². The molecule has 0 bridgehead atoms. The van der Waals surface area contributed by atoms with E-state index in [2.05, 4.69) is 10.6 Å². The van der Waals surface area contributed by atoms with E-state index < -0.39 is 4.92 Å². The summed E-state index contributed by atoms with van der Waals surface area (Å²) >= 11 is 1.32. The molecule has 1 aromatic rings. The van der Waals surface area contributed by atoms with Gasteiger partial charge in [-0.25, -0.2) is 0 Å². The first-order chi connectivity index (χ1) is 10.0. The first-order valence-corrected chi connectivity index (χ1v) is 7.46. The molecule has 1 aliphatic rings. The molecule has 2 amide bonds. The first kappa shape index (κ1) is 15.3. The minimum Gasteiger partial charge on any atom is -0.354 e. The van der Waals surface area contributed by atoms with Crippen LogP contribution >= 0.6 is 11.8 Å². The molecule has 1 saturated heterocycles. The highest BCUT2D eigenvalue weighted by atomic mass is 32.2. The largest absolute Gasteiger partial charge is 0.354 e. The van der Waals surface area contributed by atoms with Crippen molar-refractivity contribution in [2.45, 2.75) is 23.8 Å². The molecule has 0 aromatic heterocycles. The molecule has 7 nitrogen and oxygen atoms in total. The maximum Gasteiger partial charge on any atom is 0.269 e. The molecule has 0 aliphatic carbocycles. The number of thioether (sulfide) groups is 1. The second-order valence-electron chi connectivity index (χ2n) is 4.65. The lowest BCUT2D eigenvalue weighted by molar-refractivity contribution is -0.384. The summed E-state index contributed by atoms with van der Waals surface area (Å²) in [6, 6.07) is 6.05. The second-order valence-corrected chi connectivity index (χ2v) is 5.70. The molecule has 1 atom stereocenters. The summed E-state index contributed by atoms with van der Waals surface area (Å²) < 4.78 is 0. The predicted octanol–water partition coefficient (Wildman–Crippen LogP) is 1.08. The monoisotopic (exact) mass is 309 g/mol. The molecule has 1 heterocycles. The molecule has 1 unspecified atom stereocenters. The molecular formula is C13H15N3O4S. The smallest absolute Gasteiger partial charge is 0.269 e. The van der Waals surface area contributed by atoms with Gasteiger partial charge in [0.05, 0.1) is 10.7 Å². The molecule has 8 heteroatoms. The molecule has 0 radical (unpaired) electrons. The Hall–Kier alpha value is -2.09. The van der Waals surface area contributed by atoms with Crippen LogP contribution in [0, 0.1) is 10.1 Å². The van der Waals surface area contributed by atoms with Gasteiger partial charge in [0.2, 0.25) is 11.8 Å². The number of carbonyl (C=O) groups excluding carboxylic acids is 2. The third kappa shape index (κ3) is 4.75. The zero-order valence-corrected chi connectivity index (χ0v) is 12.0. The number of amides is 2. The minimum atomic E-state index is -0.460. The molecule has 1 fully saturated rings. The standard InChI is InChI=1S/C13H15N3O4S/c17-12-6-1-9(7-14-12)15-13(18)8-21-11-4-2-10(3-5-11)16(19)20/h2-5,9H,1,6-8H2,(H,14,17)(H,15,18). The van der Waals surface area contributed by atoms with Crippen molar-refractivity contribution in [1.82, 2.24) is 10.6 Å². The zero-order valence-electron chi connectivity index (χ0n) is 11.2. The predicted molar refractivity (Wildman–Crippen MR) is 78.0 cm³/mol.